The SMILES string of the molecule is C#CC1(OC(=O)NCCc2ccc(OC)c(OC)c2)CCN(CCC=C(c2ccc(F)cc2)c2ccc(F)cc2)C2(C1)OC(=O)C=CC(=O)O2. The molecule has 1 amide bonds. The molecule has 1 fully saturated rings. The van der Waals surface area contributed by atoms with Gasteiger partial charge in [0.1, 0.15) is 11.6 Å². The molecule has 0 bridgehead atoms. The van der Waals surface area contributed by atoms with Gasteiger partial charge in [0.25, 0.3) is 0 Å². The van der Waals surface area contributed by atoms with E-state index in [0.717, 1.165) is 17.7 Å². The maximum absolute atomic E-state index is 13.7. The van der Waals surface area contributed by atoms with E-state index in [1.165, 1.54) is 38.5 Å². The maximum atomic E-state index is 13.7. The molecular formula is C38H36F2N2O8. The lowest BCUT2D eigenvalue weighted by Crippen LogP contribution is -2.63. The second-order valence-electron chi connectivity index (χ2n) is 11.6. The number of benzene rings is 3. The van der Waals surface area contributed by atoms with Gasteiger partial charge in [0.05, 0.1) is 20.6 Å². The topological polar surface area (TPSA) is 113 Å². The lowest BCUT2D eigenvalue weighted by Gasteiger charge is -2.48. The Morgan fingerprint density at radius 1 is 0.940 bits per heavy atom. The van der Waals surface area contributed by atoms with Gasteiger partial charge in [-0.2, -0.15) is 0 Å². The zero-order valence-corrected chi connectivity index (χ0v) is 27.6. The van der Waals surface area contributed by atoms with Crippen LogP contribution in [0.2, 0.25) is 0 Å². The zero-order valence-electron chi connectivity index (χ0n) is 27.6. The summed E-state index contributed by atoms with van der Waals surface area (Å²) in [6, 6.07) is 17.2. The fourth-order valence-corrected chi connectivity index (χ4v) is 5.89. The highest BCUT2D eigenvalue weighted by Gasteiger charge is 2.56. The first-order chi connectivity index (χ1) is 24.1. The standard InChI is InChI=1S/C38H36F2N2O8/c1-4-37(50-36(45)41-21-19-26-7-16-32(46-2)33(24-26)47-3)20-23-42(38(25-37)48-34(43)17-18-35(44)49-38)22-5-6-31(27-8-12-29(39)13-9-27)28-10-14-30(40)15-11-28/h1,6-18,24H,5,19-23,25H2,2-3H3,(H,41,45). The number of nitrogens with zero attached hydrogens (tertiary/aromatic N) is 1. The molecule has 2 aliphatic rings. The van der Waals surface area contributed by atoms with Crippen LogP contribution in [0.5, 0.6) is 11.5 Å². The average molecular weight is 687 g/mol. The molecule has 1 unspecified atom stereocenters. The quantitative estimate of drug-likeness (QED) is 0.205. The summed E-state index contributed by atoms with van der Waals surface area (Å²) in [7, 11) is 3.07. The molecule has 3 aromatic rings. The summed E-state index contributed by atoms with van der Waals surface area (Å²) >= 11 is 0. The van der Waals surface area contributed by atoms with Crippen molar-refractivity contribution in [2.75, 3.05) is 33.9 Å². The van der Waals surface area contributed by atoms with Gasteiger partial charge in [0.2, 0.25) is 0 Å². The van der Waals surface area contributed by atoms with Gasteiger partial charge in [-0.05, 0) is 71.5 Å². The molecule has 10 nitrogen and oxygen atoms in total. The number of rotatable bonds is 11. The van der Waals surface area contributed by atoms with Crippen LogP contribution in [0.1, 0.15) is 36.0 Å². The highest BCUT2D eigenvalue weighted by Crippen LogP contribution is 2.40. The van der Waals surface area contributed by atoms with Gasteiger partial charge in [-0.25, -0.2) is 28.1 Å². The molecule has 3 aromatic carbocycles. The Morgan fingerprint density at radius 3 is 2.10 bits per heavy atom. The van der Waals surface area contributed by atoms with E-state index in [4.69, 9.17) is 30.1 Å². The van der Waals surface area contributed by atoms with Crippen molar-refractivity contribution in [2.45, 2.75) is 37.2 Å². The predicted octanol–water partition coefficient (Wildman–Crippen LogP) is 5.55. The van der Waals surface area contributed by atoms with Crippen molar-refractivity contribution in [1.29, 1.82) is 0 Å². The number of carbonyl (C=O) groups excluding carboxylic acids is 3. The minimum atomic E-state index is -2.00. The molecular weight excluding hydrogens is 650 g/mol. The number of amides is 1. The summed E-state index contributed by atoms with van der Waals surface area (Å²) in [5, 5.41) is 2.70. The van der Waals surface area contributed by atoms with Crippen LogP contribution >= 0.6 is 0 Å². The van der Waals surface area contributed by atoms with Crippen LogP contribution in [0.3, 0.4) is 0 Å². The van der Waals surface area contributed by atoms with Crippen LogP contribution in [0.15, 0.2) is 85.0 Å². The highest BCUT2D eigenvalue weighted by atomic mass is 19.1. The van der Waals surface area contributed by atoms with Crippen molar-refractivity contribution in [2.24, 2.45) is 0 Å². The van der Waals surface area contributed by atoms with Crippen LogP contribution in [0.25, 0.3) is 5.57 Å². The van der Waals surface area contributed by atoms with Crippen molar-refractivity contribution in [1.82, 2.24) is 10.2 Å². The fourth-order valence-electron chi connectivity index (χ4n) is 5.89. The number of terminal acetylenes is 1. The van der Waals surface area contributed by atoms with Gasteiger partial charge in [0, 0.05) is 38.2 Å². The molecule has 50 heavy (non-hydrogen) atoms. The van der Waals surface area contributed by atoms with Crippen molar-refractivity contribution in [3.8, 4) is 23.8 Å². The van der Waals surface area contributed by atoms with Gasteiger partial charge < -0.3 is 29.0 Å². The summed E-state index contributed by atoms with van der Waals surface area (Å²) in [6.07, 6.45) is 9.46. The Bertz CT molecular complexity index is 1750. The number of methoxy groups -OCH3 is 2. The summed E-state index contributed by atoms with van der Waals surface area (Å²) in [5.74, 6) is -0.833. The molecule has 1 spiro atoms. The molecule has 0 saturated carbocycles. The molecule has 1 N–H and O–H groups in total. The molecule has 2 aliphatic heterocycles. The summed E-state index contributed by atoms with van der Waals surface area (Å²) in [6.45, 7) is 0.515. The smallest absolute Gasteiger partial charge is 0.408 e. The van der Waals surface area contributed by atoms with Crippen molar-refractivity contribution >= 4 is 23.6 Å². The Labute approximate surface area is 288 Å². The van der Waals surface area contributed by atoms with E-state index in [9.17, 15) is 23.2 Å². The molecule has 0 aliphatic carbocycles. The summed E-state index contributed by atoms with van der Waals surface area (Å²) in [4.78, 5) is 40.1. The number of halogens is 2. The molecule has 5 rings (SSSR count). The van der Waals surface area contributed by atoms with Crippen LogP contribution in [-0.2, 0) is 30.2 Å². The minimum absolute atomic E-state index is 0.111. The Kier molecular flexibility index (Phi) is 11.2. The summed E-state index contributed by atoms with van der Waals surface area (Å²) < 4.78 is 55.3. The molecule has 0 aromatic heterocycles. The maximum Gasteiger partial charge on any atom is 0.408 e. The third kappa shape index (κ3) is 8.48. The first-order valence-electron chi connectivity index (χ1n) is 15.8. The van der Waals surface area contributed by atoms with Gasteiger partial charge in [-0.3, -0.25) is 0 Å². The largest absolute Gasteiger partial charge is 0.493 e. The van der Waals surface area contributed by atoms with Crippen LogP contribution < -0.4 is 14.8 Å². The van der Waals surface area contributed by atoms with Gasteiger partial charge in [-0.15, -0.1) is 6.42 Å². The lowest BCUT2D eigenvalue weighted by molar-refractivity contribution is -0.309. The van der Waals surface area contributed by atoms with E-state index in [0.29, 0.717) is 41.0 Å². The number of piperidine rings is 1. The van der Waals surface area contributed by atoms with E-state index in [1.54, 1.807) is 41.3 Å². The van der Waals surface area contributed by atoms with Crippen molar-refractivity contribution in [3.63, 3.8) is 0 Å². The molecule has 1 saturated heterocycles. The predicted molar refractivity (Wildman–Crippen MR) is 179 cm³/mol. The van der Waals surface area contributed by atoms with Crippen LogP contribution in [0.4, 0.5) is 13.6 Å². The number of esters is 2. The third-order valence-electron chi connectivity index (χ3n) is 8.39. The monoisotopic (exact) mass is 686 g/mol. The number of alkyl carbamates (subject to hydrolysis) is 1. The van der Waals surface area contributed by atoms with Gasteiger partial charge in [0.15, 0.2) is 17.1 Å². The van der Waals surface area contributed by atoms with Crippen LogP contribution in [0, 0.1) is 24.0 Å². The van der Waals surface area contributed by atoms with Crippen LogP contribution in [-0.4, -0.2) is 68.3 Å². The number of likely N-dealkylation sites (tertiary alicyclic amines) is 1. The number of hydrogen-bond donors (Lipinski definition) is 1. The second-order valence-corrected chi connectivity index (χ2v) is 11.6. The average Bonchev–Trinajstić information content (AvgIpc) is 3.25. The van der Waals surface area contributed by atoms with E-state index < -0.39 is 41.2 Å². The number of carbonyl (C=O) groups is 3. The van der Waals surface area contributed by atoms with Gasteiger partial charge >= 0.3 is 23.9 Å². The van der Waals surface area contributed by atoms with E-state index in [1.807, 2.05) is 12.1 Å². The second kappa shape index (κ2) is 15.7. The molecule has 260 valence electrons. The third-order valence-corrected chi connectivity index (χ3v) is 8.39. The molecule has 12 heteroatoms. The normalized spacial score (nSPS) is 18.2. The first kappa shape index (κ1) is 35.6. The lowest BCUT2D eigenvalue weighted by atomic mass is 9.88. The zero-order chi connectivity index (χ0) is 35.7. The molecule has 2 heterocycles. The van der Waals surface area contributed by atoms with E-state index in [2.05, 4.69) is 11.2 Å². The van der Waals surface area contributed by atoms with E-state index in [-0.39, 0.29) is 32.5 Å². The van der Waals surface area contributed by atoms with Crippen molar-refractivity contribution < 1.29 is 46.8 Å². The Hall–Kier alpha value is -5.67. The fraction of sp³-hybridized carbons (Fsp3) is 0.289. The Balaban J connectivity index is 1.32. The van der Waals surface area contributed by atoms with E-state index >= 15 is 0 Å². The Morgan fingerprint density at radius 2 is 1.54 bits per heavy atom. The minimum Gasteiger partial charge on any atom is -0.493 e. The van der Waals surface area contributed by atoms with Gasteiger partial charge in [-0.1, -0.05) is 42.3 Å². The summed E-state index contributed by atoms with van der Waals surface area (Å²) in [5.41, 5.74) is 1.37. The number of nitrogens with one attached hydrogen (secondary N) is 1. The highest BCUT2D eigenvalue weighted by molar-refractivity contribution is 5.93. The first-order valence-corrected chi connectivity index (χ1v) is 15.8. The number of ether oxygens (including phenoxy) is 5. The molecule has 1 atom stereocenters. The number of hydrogen-bond acceptors (Lipinski definition) is 9. The molecule has 0 radical (unpaired) electrons. The van der Waals surface area contributed by atoms with Crippen molar-refractivity contribution in [3.05, 3.63) is 113 Å².